The Morgan fingerprint density at radius 1 is 1.50 bits per heavy atom. The smallest absolute Gasteiger partial charge is 0.445 e. The molecule has 88 valence electrons. The first kappa shape index (κ1) is 12.4. The number of anilines is 1. The topological polar surface area (TPSA) is 76.6 Å². The average molecular weight is 244 g/mol. The lowest BCUT2D eigenvalue weighted by Gasteiger charge is -2.16. The first-order valence-corrected chi connectivity index (χ1v) is 6.01. The van der Waals surface area contributed by atoms with Crippen LogP contribution in [-0.4, -0.2) is 32.4 Å². The van der Waals surface area contributed by atoms with Crippen molar-refractivity contribution in [2.45, 2.75) is 6.92 Å². The van der Waals surface area contributed by atoms with Crippen molar-refractivity contribution >= 4 is 21.1 Å². The fraction of sp³-hybridized carbons (Fsp3) is 0.333. The molecule has 0 amide bonds. The van der Waals surface area contributed by atoms with Gasteiger partial charge >= 0.3 is 15.3 Å². The maximum atomic E-state index is 11.6. The molecule has 1 rings (SSSR count). The molecule has 6 nitrogen and oxygen atoms in total. The Labute approximate surface area is 93.9 Å². The Morgan fingerprint density at radius 2 is 2.19 bits per heavy atom. The van der Waals surface area contributed by atoms with Crippen LogP contribution in [0.1, 0.15) is 6.92 Å². The highest BCUT2D eigenvalue weighted by atomic mass is 32.2. The fourth-order valence-corrected chi connectivity index (χ4v) is 1.81. The van der Waals surface area contributed by atoms with E-state index in [1.165, 1.54) is 26.2 Å². The summed E-state index contributed by atoms with van der Waals surface area (Å²) in [5.74, 6) is 0.163. The maximum absolute atomic E-state index is 11.6. The zero-order valence-electron chi connectivity index (χ0n) is 8.95. The molecule has 0 unspecified atom stereocenters. The van der Waals surface area contributed by atoms with Crippen LogP contribution < -0.4 is 4.31 Å². The Bertz CT molecular complexity index is 458. The lowest BCUT2D eigenvalue weighted by Crippen LogP contribution is -2.34. The summed E-state index contributed by atoms with van der Waals surface area (Å²) in [6.07, 6.45) is 1.44. The second-order valence-corrected chi connectivity index (χ2v) is 4.67. The van der Waals surface area contributed by atoms with Gasteiger partial charge in [0, 0.05) is 13.2 Å². The highest BCUT2D eigenvalue weighted by Gasteiger charge is 2.29. The van der Waals surface area contributed by atoms with Crippen molar-refractivity contribution in [2.75, 3.05) is 18.0 Å². The number of ether oxygens (including phenoxy) is 1. The van der Waals surface area contributed by atoms with Gasteiger partial charge in [0.15, 0.2) is 0 Å². The van der Waals surface area contributed by atoms with Gasteiger partial charge in [-0.1, -0.05) is 6.07 Å². The van der Waals surface area contributed by atoms with Crippen LogP contribution in [0.2, 0.25) is 0 Å². The van der Waals surface area contributed by atoms with Gasteiger partial charge in [-0.2, -0.15) is 8.42 Å². The third kappa shape index (κ3) is 2.48. The monoisotopic (exact) mass is 244 g/mol. The van der Waals surface area contributed by atoms with Crippen LogP contribution in [0.4, 0.5) is 10.6 Å². The molecule has 0 aliphatic rings. The number of nitrogens with zero attached hydrogens (tertiary/aromatic N) is 2. The van der Waals surface area contributed by atoms with Crippen LogP contribution in [0, 0.1) is 0 Å². The van der Waals surface area contributed by atoms with Crippen molar-refractivity contribution in [3.8, 4) is 0 Å². The van der Waals surface area contributed by atoms with Crippen molar-refractivity contribution in [3.63, 3.8) is 0 Å². The third-order valence-electron chi connectivity index (χ3n) is 1.81. The number of hydrogen-bond donors (Lipinski definition) is 0. The normalized spacial score (nSPS) is 10.9. The minimum Gasteiger partial charge on any atom is -0.453 e. The van der Waals surface area contributed by atoms with Gasteiger partial charge in [0.25, 0.3) is 0 Å². The molecular weight excluding hydrogens is 232 g/mol. The summed E-state index contributed by atoms with van der Waals surface area (Å²) in [5.41, 5.74) is 0. The molecule has 16 heavy (non-hydrogen) atoms. The largest absolute Gasteiger partial charge is 0.453 e. The second kappa shape index (κ2) is 4.93. The number of aromatic nitrogens is 1. The number of pyridine rings is 1. The lowest BCUT2D eigenvalue weighted by atomic mass is 10.5. The maximum Gasteiger partial charge on any atom is 0.445 e. The zero-order chi connectivity index (χ0) is 12.2. The van der Waals surface area contributed by atoms with Gasteiger partial charge in [-0.25, -0.2) is 14.1 Å². The summed E-state index contributed by atoms with van der Waals surface area (Å²) in [6.45, 7) is 1.54. The van der Waals surface area contributed by atoms with Crippen molar-refractivity contribution in [1.29, 1.82) is 0 Å². The first-order valence-electron chi connectivity index (χ1n) is 4.57. The van der Waals surface area contributed by atoms with Gasteiger partial charge in [-0.05, 0) is 19.1 Å². The van der Waals surface area contributed by atoms with E-state index >= 15 is 0 Å². The summed E-state index contributed by atoms with van der Waals surface area (Å²) in [7, 11) is -2.90. The highest BCUT2D eigenvalue weighted by Crippen LogP contribution is 2.13. The molecule has 0 spiro atoms. The van der Waals surface area contributed by atoms with E-state index in [-0.39, 0.29) is 12.4 Å². The molecule has 0 aliphatic heterocycles. The number of sulfonamides is 1. The molecule has 1 aromatic rings. The molecular formula is C9H12N2O4S. The molecule has 0 saturated heterocycles. The van der Waals surface area contributed by atoms with Crippen molar-refractivity contribution in [3.05, 3.63) is 24.4 Å². The van der Waals surface area contributed by atoms with E-state index in [0.717, 1.165) is 4.31 Å². The van der Waals surface area contributed by atoms with E-state index in [1.807, 2.05) is 0 Å². The number of carbonyl (C=O) groups excluding carboxylic acids is 1. The molecule has 0 aromatic carbocycles. The molecule has 1 heterocycles. The molecule has 0 N–H and O–H groups in total. The number of hydrogen-bond acceptors (Lipinski definition) is 5. The van der Waals surface area contributed by atoms with Crippen LogP contribution >= 0.6 is 0 Å². The first-order chi connectivity index (χ1) is 7.50. The number of rotatable bonds is 3. The van der Waals surface area contributed by atoms with Crippen LogP contribution in [0.15, 0.2) is 24.4 Å². The Kier molecular flexibility index (Phi) is 3.83. The Hall–Kier alpha value is -1.63. The second-order valence-electron chi connectivity index (χ2n) is 2.84. The predicted molar refractivity (Wildman–Crippen MR) is 58.6 cm³/mol. The van der Waals surface area contributed by atoms with E-state index in [9.17, 15) is 13.2 Å². The molecule has 0 bridgehead atoms. The molecule has 0 saturated carbocycles. The molecule has 0 atom stereocenters. The summed E-state index contributed by atoms with van der Waals surface area (Å²) in [4.78, 5) is 15.0. The standard InChI is InChI=1S/C9H12N2O4S/c1-3-15-9(12)16(13,14)11(2)8-6-4-5-7-10-8/h4-7H,3H2,1-2H3. The number of carbonyl (C=O) groups is 1. The SMILES string of the molecule is CCOC(=O)S(=O)(=O)N(C)c1ccccn1. The lowest BCUT2D eigenvalue weighted by molar-refractivity contribution is 0.178. The van der Waals surface area contributed by atoms with E-state index in [4.69, 9.17) is 0 Å². The molecule has 0 radical (unpaired) electrons. The van der Waals surface area contributed by atoms with E-state index < -0.39 is 15.3 Å². The quantitative estimate of drug-likeness (QED) is 0.741. The van der Waals surface area contributed by atoms with Crippen molar-refractivity contribution < 1.29 is 17.9 Å². The van der Waals surface area contributed by atoms with Gasteiger partial charge in [-0.15, -0.1) is 0 Å². The predicted octanol–water partition coefficient (Wildman–Crippen LogP) is 1.00. The fourth-order valence-electron chi connectivity index (χ4n) is 0.967. The van der Waals surface area contributed by atoms with Crippen molar-refractivity contribution in [1.82, 2.24) is 4.98 Å². The summed E-state index contributed by atoms with van der Waals surface area (Å²) in [6, 6.07) is 4.75. The summed E-state index contributed by atoms with van der Waals surface area (Å²) < 4.78 is 28.5. The molecule has 0 fully saturated rings. The molecule has 0 aliphatic carbocycles. The van der Waals surface area contributed by atoms with Gasteiger partial charge in [0.2, 0.25) is 0 Å². The van der Waals surface area contributed by atoms with Crippen molar-refractivity contribution in [2.24, 2.45) is 0 Å². The van der Waals surface area contributed by atoms with Crippen LogP contribution in [0.25, 0.3) is 0 Å². The summed E-state index contributed by atoms with van der Waals surface area (Å²) >= 11 is 0. The Morgan fingerprint density at radius 3 is 2.69 bits per heavy atom. The highest BCUT2D eigenvalue weighted by molar-refractivity contribution is 8.06. The van der Waals surface area contributed by atoms with E-state index in [0.29, 0.717) is 0 Å². The van der Waals surface area contributed by atoms with E-state index in [2.05, 4.69) is 9.72 Å². The third-order valence-corrected chi connectivity index (χ3v) is 3.25. The molecule has 7 heteroatoms. The van der Waals surface area contributed by atoms with Gasteiger partial charge < -0.3 is 4.74 Å². The minimum atomic E-state index is -4.14. The van der Waals surface area contributed by atoms with Crippen LogP contribution in [0.3, 0.4) is 0 Å². The zero-order valence-corrected chi connectivity index (χ0v) is 9.77. The average Bonchev–Trinajstić information content (AvgIpc) is 2.29. The Balaban J connectivity index is 2.98. The van der Waals surface area contributed by atoms with Crippen LogP contribution in [0.5, 0.6) is 0 Å². The minimum absolute atomic E-state index is 0.00806. The summed E-state index contributed by atoms with van der Waals surface area (Å²) in [5, 5.41) is -1.27. The van der Waals surface area contributed by atoms with Gasteiger partial charge in [0.05, 0.1) is 6.61 Å². The molecule has 1 aromatic heterocycles. The van der Waals surface area contributed by atoms with Gasteiger partial charge in [-0.3, -0.25) is 0 Å². The van der Waals surface area contributed by atoms with Gasteiger partial charge in [0.1, 0.15) is 5.82 Å². The van der Waals surface area contributed by atoms with E-state index in [1.54, 1.807) is 12.1 Å². The van der Waals surface area contributed by atoms with Crippen LogP contribution in [-0.2, 0) is 14.8 Å².